The summed E-state index contributed by atoms with van der Waals surface area (Å²) in [5.74, 6) is -0.837. The van der Waals surface area contributed by atoms with Crippen molar-refractivity contribution in [2.24, 2.45) is 0 Å². The molecule has 0 spiro atoms. The number of hydrogen-bond acceptors (Lipinski definition) is 6. The predicted octanol–water partition coefficient (Wildman–Crippen LogP) is 6.30. The van der Waals surface area contributed by atoms with Crippen LogP contribution in [0.2, 0.25) is 0 Å². The lowest BCUT2D eigenvalue weighted by Crippen LogP contribution is -2.30. The van der Waals surface area contributed by atoms with Gasteiger partial charge in [0, 0.05) is 28.4 Å². The molecule has 9 heteroatoms. The van der Waals surface area contributed by atoms with E-state index in [1.54, 1.807) is 66.7 Å². The van der Waals surface area contributed by atoms with E-state index in [0.717, 1.165) is 5.56 Å². The summed E-state index contributed by atoms with van der Waals surface area (Å²) in [4.78, 5) is 49.8. The van der Waals surface area contributed by atoms with Gasteiger partial charge in [0.25, 0.3) is 17.5 Å². The maximum atomic E-state index is 13.3. The summed E-state index contributed by atoms with van der Waals surface area (Å²) >= 11 is 0. The fraction of sp³-hybridized carbons (Fsp3) is 0.0606. The molecule has 0 aliphatic rings. The van der Waals surface area contributed by atoms with Crippen LogP contribution in [0.15, 0.2) is 115 Å². The van der Waals surface area contributed by atoms with Crippen LogP contribution in [0.25, 0.3) is 12.2 Å². The summed E-state index contributed by atoms with van der Waals surface area (Å²) in [5.41, 5.74) is 1.53. The molecule has 0 unspecified atom stereocenters. The Kier molecular flexibility index (Phi) is 9.72. The number of rotatable bonds is 11. The highest BCUT2D eigenvalue weighted by Gasteiger charge is 2.18. The van der Waals surface area contributed by atoms with Crippen LogP contribution in [0.5, 0.6) is 5.75 Å². The van der Waals surface area contributed by atoms with E-state index in [2.05, 4.69) is 10.6 Å². The highest BCUT2D eigenvalue weighted by atomic mass is 16.6. The second kappa shape index (κ2) is 14.0. The summed E-state index contributed by atoms with van der Waals surface area (Å²) in [6, 6.07) is 27.7. The SMILES string of the molecule is CCOc1ccccc1/C=C/C(=O)c1ccc(NC(=O)/C(=C/c2ccccc2[N+](=O)[O-])NC(=O)c2ccccc2)cc1. The first-order valence-corrected chi connectivity index (χ1v) is 13.0. The van der Waals surface area contributed by atoms with E-state index in [0.29, 0.717) is 29.2 Å². The third-order valence-electron chi connectivity index (χ3n) is 6.02. The van der Waals surface area contributed by atoms with E-state index in [1.165, 1.54) is 30.4 Å². The first-order chi connectivity index (χ1) is 20.4. The Balaban J connectivity index is 1.53. The molecule has 4 aromatic carbocycles. The predicted molar refractivity (Wildman–Crippen MR) is 161 cm³/mol. The lowest BCUT2D eigenvalue weighted by Gasteiger charge is -2.12. The molecule has 210 valence electrons. The van der Waals surface area contributed by atoms with Crippen molar-refractivity contribution in [2.45, 2.75) is 6.92 Å². The van der Waals surface area contributed by atoms with Crippen LogP contribution in [-0.4, -0.2) is 29.1 Å². The van der Waals surface area contributed by atoms with Crippen molar-refractivity contribution in [3.63, 3.8) is 0 Å². The summed E-state index contributed by atoms with van der Waals surface area (Å²) < 4.78 is 5.58. The minimum Gasteiger partial charge on any atom is -0.493 e. The number of amides is 2. The molecule has 2 amide bonds. The molecule has 0 saturated carbocycles. The molecule has 0 bridgehead atoms. The van der Waals surface area contributed by atoms with Gasteiger partial charge >= 0.3 is 0 Å². The van der Waals surface area contributed by atoms with E-state index >= 15 is 0 Å². The Bertz CT molecular complexity index is 1660. The Labute approximate surface area is 242 Å². The van der Waals surface area contributed by atoms with Crippen LogP contribution in [-0.2, 0) is 4.79 Å². The zero-order valence-corrected chi connectivity index (χ0v) is 22.7. The van der Waals surface area contributed by atoms with Crippen molar-refractivity contribution in [1.29, 1.82) is 0 Å². The highest BCUT2D eigenvalue weighted by molar-refractivity contribution is 6.11. The highest BCUT2D eigenvalue weighted by Crippen LogP contribution is 2.22. The fourth-order valence-corrected chi connectivity index (χ4v) is 3.96. The number of nitro groups is 1. The van der Waals surface area contributed by atoms with Gasteiger partial charge < -0.3 is 15.4 Å². The minimum absolute atomic E-state index is 0.139. The molecule has 0 aliphatic carbocycles. The normalized spacial score (nSPS) is 11.1. The second-order valence-corrected chi connectivity index (χ2v) is 8.89. The van der Waals surface area contributed by atoms with Crippen LogP contribution in [0, 0.1) is 10.1 Å². The maximum Gasteiger partial charge on any atom is 0.276 e. The summed E-state index contributed by atoms with van der Waals surface area (Å²) in [6.07, 6.45) is 4.37. The molecular formula is C33H27N3O6. The van der Waals surface area contributed by atoms with Crippen LogP contribution in [0.4, 0.5) is 11.4 Å². The molecule has 0 aromatic heterocycles. The molecular weight excluding hydrogens is 534 g/mol. The van der Waals surface area contributed by atoms with E-state index in [4.69, 9.17) is 4.74 Å². The molecule has 9 nitrogen and oxygen atoms in total. The molecule has 0 radical (unpaired) electrons. The van der Waals surface area contributed by atoms with E-state index < -0.39 is 16.7 Å². The minimum atomic E-state index is -0.705. The number of ether oxygens (including phenoxy) is 1. The van der Waals surface area contributed by atoms with Crippen molar-refractivity contribution >= 4 is 41.1 Å². The van der Waals surface area contributed by atoms with E-state index in [1.807, 2.05) is 31.2 Å². The van der Waals surface area contributed by atoms with Crippen LogP contribution >= 0.6 is 0 Å². The van der Waals surface area contributed by atoms with Crippen LogP contribution < -0.4 is 15.4 Å². The Hall–Kier alpha value is -5.83. The smallest absolute Gasteiger partial charge is 0.276 e. The van der Waals surface area contributed by atoms with E-state index in [9.17, 15) is 24.5 Å². The molecule has 2 N–H and O–H groups in total. The van der Waals surface area contributed by atoms with Gasteiger partial charge in [-0.2, -0.15) is 0 Å². The number of hydrogen-bond donors (Lipinski definition) is 2. The summed E-state index contributed by atoms with van der Waals surface area (Å²) in [6.45, 7) is 2.38. The number of anilines is 1. The Morgan fingerprint density at radius 3 is 2.14 bits per heavy atom. The van der Waals surface area contributed by atoms with Crippen molar-refractivity contribution in [1.82, 2.24) is 5.32 Å². The van der Waals surface area contributed by atoms with Crippen LogP contribution in [0.3, 0.4) is 0 Å². The van der Waals surface area contributed by atoms with Crippen molar-refractivity contribution in [3.05, 3.63) is 147 Å². The maximum absolute atomic E-state index is 13.3. The second-order valence-electron chi connectivity index (χ2n) is 8.89. The number of carbonyl (C=O) groups excluding carboxylic acids is 3. The number of nitro benzene ring substituents is 1. The average molecular weight is 562 g/mol. The first-order valence-electron chi connectivity index (χ1n) is 13.0. The molecule has 0 aliphatic heterocycles. The standard InChI is InChI=1S/C33H27N3O6/c1-2-42-31-15-9-7-10-24(31)18-21-30(37)23-16-19-27(20-17-23)34-33(39)28(35-32(38)25-11-4-3-5-12-25)22-26-13-6-8-14-29(26)36(40)41/h3-22H,2H2,1H3,(H,34,39)(H,35,38)/b21-18+,28-22-. The average Bonchev–Trinajstić information content (AvgIpc) is 3.01. The Morgan fingerprint density at radius 1 is 0.810 bits per heavy atom. The third-order valence-corrected chi connectivity index (χ3v) is 6.02. The quantitative estimate of drug-likeness (QED) is 0.0958. The topological polar surface area (TPSA) is 128 Å². The van der Waals surface area contributed by atoms with Crippen molar-refractivity contribution < 1.29 is 24.0 Å². The summed E-state index contributed by atoms with van der Waals surface area (Å²) in [7, 11) is 0. The molecule has 0 heterocycles. The van der Waals surface area contributed by atoms with Gasteiger partial charge in [0.05, 0.1) is 17.1 Å². The number of allylic oxidation sites excluding steroid dienone is 1. The monoisotopic (exact) mass is 561 g/mol. The van der Waals surface area contributed by atoms with Gasteiger partial charge in [-0.3, -0.25) is 24.5 Å². The third kappa shape index (κ3) is 7.64. The largest absolute Gasteiger partial charge is 0.493 e. The number of nitrogens with one attached hydrogen (secondary N) is 2. The zero-order valence-electron chi connectivity index (χ0n) is 22.7. The van der Waals surface area contributed by atoms with Crippen LogP contribution in [0.1, 0.15) is 38.8 Å². The molecule has 4 rings (SSSR count). The number of ketones is 1. The lowest BCUT2D eigenvalue weighted by molar-refractivity contribution is -0.385. The van der Waals surface area contributed by atoms with Gasteiger partial charge in [-0.25, -0.2) is 0 Å². The molecule has 42 heavy (non-hydrogen) atoms. The zero-order chi connectivity index (χ0) is 29.9. The molecule has 0 saturated heterocycles. The molecule has 0 atom stereocenters. The van der Waals surface area contributed by atoms with Gasteiger partial charge in [0.2, 0.25) is 0 Å². The number of para-hydroxylation sites is 2. The van der Waals surface area contributed by atoms with Crippen molar-refractivity contribution in [2.75, 3.05) is 11.9 Å². The fourth-order valence-electron chi connectivity index (χ4n) is 3.96. The molecule has 4 aromatic rings. The molecule has 0 fully saturated rings. The number of carbonyl (C=O) groups is 3. The first kappa shape index (κ1) is 29.2. The van der Waals surface area contributed by atoms with E-state index in [-0.39, 0.29) is 22.7 Å². The Morgan fingerprint density at radius 2 is 1.45 bits per heavy atom. The summed E-state index contributed by atoms with van der Waals surface area (Å²) in [5, 5.41) is 16.8. The van der Waals surface area contributed by atoms with Crippen molar-refractivity contribution in [3.8, 4) is 5.75 Å². The van der Waals surface area contributed by atoms with Gasteiger partial charge in [0.1, 0.15) is 11.4 Å². The lowest BCUT2D eigenvalue weighted by atomic mass is 10.1. The van der Waals surface area contributed by atoms with Gasteiger partial charge in [-0.1, -0.05) is 48.5 Å². The van der Waals surface area contributed by atoms with Gasteiger partial charge in [-0.15, -0.1) is 0 Å². The van der Waals surface area contributed by atoms with Gasteiger partial charge in [0.15, 0.2) is 5.78 Å². The number of nitrogens with zero attached hydrogens (tertiary/aromatic N) is 1. The van der Waals surface area contributed by atoms with Gasteiger partial charge in [-0.05, 0) is 73.7 Å². The number of benzene rings is 4.